The number of hydrogen-bond donors (Lipinski definition) is 0. The minimum absolute atomic E-state index is 0.0121. The molecule has 1 aliphatic heterocycles. The molecule has 3 heteroatoms. The Kier molecular flexibility index (Phi) is 6.38. The average molecular weight is 210 g/mol. The molecule has 1 aromatic heterocycles. The number of hydrogen-bond acceptors (Lipinski definition) is 3. The van der Waals surface area contributed by atoms with Gasteiger partial charge in [0.2, 0.25) is 0 Å². The fourth-order valence-corrected chi connectivity index (χ4v) is 1.39. The van der Waals surface area contributed by atoms with E-state index in [2.05, 4.69) is 4.42 Å². The minimum Gasteiger partial charge on any atom is -0.473 e. The van der Waals surface area contributed by atoms with Crippen LogP contribution in [0, 0.1) is 0 Å². The Morgan fingerprint density at radius 1 is 0.933 bits per heavy atom. The molecule has 0 atom stereocenters. The fourth-order valence-electron chi connectivity index (χ4n) is 1.39. The third-order valence-electron chi connectivity index (χ3n) is 2.21. The Morgan fingerprint density at radius 2 is 1.60 bits per heavy atom. The van der Waals surface area contributed by atoms with Crippen LogP contribution in [0.1, 0.15) is 38.5 Å². The Bertz CT molecular complexity index is 212. The van der Waals surface area contributed by atoms with Crippen LogP contribution in [0.25, 0.3) is 0 Å². The molecule has 2 heterocycles. The van der Waals surface area contributed by atoms with Crippen molar-refractivity contribution in [3.05, 3.63) is 24.7 Å². The van der Waals surface area contributed by atoms with Crippen molar-refractivity contribution in [3.63, 3.8) is 0 Å². The van der Waals surface area contributed by atoms with Gasteiger partial charge in [-0.05, 0) is 25.0 Å². The van der Waals surface area contributed by atoms with E-state index in [0.717, 1.165) is 12.8 Å². The molecule has 0 saturated carbocycles. The van der Waals surface area contributed by atoms with E-state index < -0.39 is 0 Å². The van der Waals surface area contributed by atoms with Crippen molar-refractivity contribution in [1.82, 2.24) is 0 Å². The van der Waals surface area contributed by atoms with Gasteiger partial charge in [-0.25, -0.2) is 0 Å². The highest BCUT2D eigenvalue weighted by molar-refractivity contribution is 5.69. The number of furan rings is 1. The molecule has 0 N–H and O–H groups in total. The number of cyclic esters (lactones) is 1. The number of rotatable bonds is 0. The molecule has 0 amide bonds. The highest BCUT2D eigenvalue weighted by atomic mass is 16.5. The van der Waals surface area contributed by atoms with Crippen LogP contribution < -0.4 is 0 Å². The summed E-state index contributed by atoms with van der Waals surface area (Å²) < 4.78 is 9.51. The van der Waals surface area contributed by atoms with Gasteiger partial charge in [0.1, 0.15) is 0 Å². The van der Waals surface area contributed by atoms with Gasteiger partial charge in [-0.1, -0.05) is 19.3 Å². The van der Waals surface area contributed by atoms with Gasteiger partial charge in [-0.15, -0.1) is 0 Å². The summed E-state index contributed by atoms with van der Waals surface area (Å²) in [6.07, 6.45) is 9.60. The van der Waals surface area contributed by atoms with Crippen LogP contribution in [0.15, 0.2) is 29.1 Å². The molecular formula is C12H18O3. The molecule has 0 aliphatic carbocycles. The minimum atomic E-state index is -0.0121. The Balaban J connectivity index is 0.000000187. The van der Waals surface area contributed by atoms with E-state index in [9.17, 15) is 4.79 Å². The van der Waals surface area contributed by atoms with E-state index in [1.807, 2.05) is 12.1 Å². The van der Waals surface area contributed by atoms with Crippen LogP contribution in [0.5, 0.6) is 0 Å². The first-order valence-electron chi connectivity index (χ1n) is 5.52. The van der Waals surface area contributed by atoms with Gasteiger partial charge in [0.05, 0.1) is 19.1 Å². The summed E-state index contributed by atoms with van der Waals surface area (Å²) in [5.41, 5.74) is 0. The predicted octanol–water partition coefficient (Wildman–Crippen LogP) is 3.16. The molecule has 1 aromatic rings. The summed E-state index contributed by atoms with van der Waals surface area (Å²) in [6.45, 7) is 0.638. The number of ether oxygens (including phenoxy) is 1. The largest absolute Gasteiger partial charge is 0.473 e. The lowest BCUT2D eigenvalue weighted by Crippen LogP contribution is -2.03. The smallest absolute Gasteiger partial charge is 0.305 e. The molecule has 0 unspecified atom stereocenters. The molecule has 1 saturated heterocycles. The van der Waals surface area contributed by atoms with E-state index in [1.54, 1.807) is 12.5 Å². The zero-order valence-electron chi connectivity index (χ0n) is 8.98. The molecule has 3 nitrogen and oxygen atoms in total. The number of carbonyl (C=O) groups excluding carboxylic acids is 1. The van der Waals surface area contributed by atoms with Gasteiger partial charge in [0.25, 0.3) is 0 Å². The molecular weight excluding hydrogens is 192 g/mol. The summed E-state index contributed by atoms with van der Waals surface area (Å²) in [5.74, 6) is -0.0121. The van der Waals surface area contributed by atoms with Crippen LogP contribution in [0.3, 0.4) is 0 Å². The van der Waals surface area contributed by atoms with Crippen LogP contribution in [-0.4, -0.2) is 12.6 Å². The first-order valence-corrected chi connectivity index (χ1v) is 5.52. The highest BCUT2D eigenvalue weighted by Gasteiger charge is 2.04. The fraction of sp³-hybridized carbons (Fsp3) is 0.583. The Morgan fingerprint density at radius 3 is 2.27 bits per heavy atom. The van der Waals surface area contributed by atoms with E-state index in [0.29, 0.717) is 13.0 Å². The van der Waals surface area contributed by atoms with Crippen LogP contribution >= 0.6 is 0 Å². The predicted molar refractivity (Wildman–Crippen MR) is 57.4 cm³/mol. The SMILES string of the molecule is O=C1CCCCCCCO1.c1ccoc1. The van der Waals surface area contributed by atoms with Crippen molar-refractivity contribution in [3.8, 4) is 0 Å². The zero-order valence-corrected chi connectivity index (χ0v) is 8.98. The molecule has 84 valence electrons. The van der Waals surface area contributed by atoms with E-state index in [-0.39, 0.29) is 5.97 Å². The van der Waals surface area contributed by atoms with E-state index in [1.165, 1.54) is 19.3 Å². The van der Waals surface area contributed by atoms with Crippen molar-refractivity contribution in [1.29, 1.82) is 0 Å². The zero-order chi connectivity index (χ0) is 10.8. The maximum Gasteiger partial charge on any atom is 0.305 e. The van der Waals surface area contributed by atoms with Gasteiger partial charge < -0.3 is 9.15 Å². The van der Waals surface area contributed by atoms with Gasteiger partial charge in [0.15, 0.2) is 0 Å². The molecule has 0 radical (unpaired) electrons. The Labute approximate surface area is 90.4 Å². The molecule has 1 fully saturated rings. The monoisotopic (exact) mass is 210 g/mol. The quantitative estimate of drug-likeness (QED) is 0.617. The van der Waals surface area contributed by atoms with Crippen LogP contribution in [0.2, 0.25) is 0 Å². The van der Waals surface area contributed by atoms with Crippen molar-refractivity contribution in [2.45, 2.75) is 38.5 Å². The summed E-state index contributed by atoms with van der Waals surface area (Å²) in [7, 11) is 0. The van der Waals surface area contributed by atoms with Gasteiger partial charge in [-0.3, -0.25) is 4.79 Å². The van der Waals surface area contributed by atoms with Crippen LogP contribution in [0.4, 0.5) is 0 Å². The molecule has 0 aromatic carbocycles. The lowest BCUT2D eigenvalue weighted by molar-refractivity contribution is -0.143. The third-order valence-corrected chi connectivity index (χ3v) is 2.21. The molecule has 1 aliphatic rings. The first kappa shape index (κ1) is 11.8. The summed E-state index contributed by atoms with van der Waals surface area (Å²) in [5, 5.41) is 0. The second kappa shape index (κ2) is 8.09. The number of carbonyl (C=O) groups is 1. The summed E-state index contributed by atoms with van der Waals surface area (Å²) in [4.78, 5) is 10.8. The van der Waals surface area contributed by atoms with E-state index in [4.69, 9.17) is 4.74 Å². The molecule has 0 spiro atoms. The molecule has 15 heavy (non-hydrogen) atoms. The summed E-state index contributed by atoms with van der Waals surface area (Å²) in [6, 6.07) is 3.67. The second-order valence-corrected chi connectivity index (χ2v) is 3.53. The topological polar surface area (TPSA) is 39.4 Å². The summed E-state index contributed by atoms with van der Waals surface area (Å²) >= 11 is 0. The standard InChI is InChI=1S/C8H14O2.C4H4O/c9-8-6-4-2-1-3-5-7-10-8;1-2-4-5-3-1/h1-7H2;1-4H. The van der Waals surface area contributed by atoms with Gasteiger partial charge in [0, 0.05) is 6.42 Å². The van der Waals surface area contributed by atoms with Gasteiger partial charge in [-0.2, -0.15) is 0 Å². The first-order chi connectivity index (χ1) is 7.39. The highest BCUT2D eigenvalue weighted by Crippen LogP contribution is 2.09. The maximum absolute atomic E-state index is 10.8. The number of esters is 1. The molecule has 0 bridgehead atoms. The van der Waals surface area contributed by atoms with Crippen molar-refractivity contribution >= 4 is 5.97 Å². The van der Waals surface area contributed by atoms with Crippen LogP contribution in [-0.2, 0) is 9.53 Å². The average Bonchev–Trinajstić information content (AvgIpc) is 2.80. The maximum atomic E-state index is 10.8. The van der Waals surface area contributed by atoms with Crippen molar-refractivity contribution in [2.75, 3.05) is 6.61 Å². The van der Waals surface area contributed by atoms with Gasteiger partial charge >= 0.3 is 5.97 Å². The normalized spacial score (nSPS) is 17.5. The lowest BCUT2D eigenvalue weighted by atomic mass is 10.1. The van der Waals surface area contributed by atoms with Crippen molar-refractivity contribution < 1.29 is 13.9 Å². The van der Waals surface area contributed by atoms with E-state index >= 15 is 0 Å². The second-order valence-electron chi connectivity index (χ2n) is 3.53. The Hall–Kier alpha value is -1.25. The molecule has 2 rings (SSSR count). The lowest BCUT2D eigenvalue weighted by Gasteiger charge is -1.99. The third kappa shape index (κ3) is 6.77. The van der Waals surface area contributed by atoms with Crippen molar-refractivity contribution in [2.24, 2.45) is 0 Å².